The average molecular weight is 600 g/mol. The Morgan fingerprint density at radius 2 is 1.67 bits per heavy atom. The number of hydrogen-bond acceptors (Lipinski definition) is 5. The molecule has 3 aromatic rings. The monoisotopic (exact) mass is 600 g/mol. The van der Waals surface area contributed by atoms with E-state index in [0.29, 0.717) is 28.8 Å². The third kappa shape index (κ3) is 7.93. The highest BCUT2D eigenvalue weighted by atomic mass is 127. The van der Waals surface area contributed by atoms with Crippen molar-refractivity contribution in [3.8, 4) is 11.5 Å². The number of ether oxygens (including phenoxy) is 2. The summed E-state index contributed by atoms with van der Waals surface area (Å²) >= 11 is 2.08. The van der Waals surface area contributed by atoms with Crippen LogP contribution in [0.25, 0.3) is 11.6 Å². The zero-order valence-corrected chi connectivity index (χ0v) is 22.5. The molecule has 0 aromatic heterocycles. The highest BCUT2D eigenvalue weighted by molar-refractivity contribution is 14.1. The van der Waals surface area contributed by atoms with E-state index in [1.165, 1.54) is 7.11 Å². The van der Waals surface area contributed by atoms with Gasteiger partial charge >= 0.3 is 0 Å². The molecule has 6 heteroatoms. The SMILES string of the molecule is C=C[C@H]([C@H](O)CC/C(=C/c1cc(I)c(O)c(OC)c1)c1ccccc1)[C@H](O)COCc1ccccc1. The quantitative estimate of drug-likeness (QED) is 0.126. The Labute approximate surface area is 226 Å². The molecule has 0 saturated heterocycles. The Hall–Kier alpha value is -2.65. The number of rotatable bonds is 13. The topological polar surface area (TPSA) is 79.2 Å². The number of phenols is 1. The lowest BCUT2D eigenvalue weighted by Crippen LogP contribution is -2.33. The number of phenolic OH excluding ortho intramolecular Hbond substituents is 1. The lowest BCUT2D eigenvalue weighted by Gasteiger charge is -2.25. The van der Waals surface area contributed by atoms with Crippen LogP contribution < -0.4 is 4.74 Å². The van der Waals surface area contributed by atoms with Crippen LogP contribution in [0.15, 0.2) is 85.5 Å². The van der Waals surface area contributed by atoms with Crippen LogP contribution in [0.5, 0.6) is 11.5 Å². The molecule has 3 aromatic carbocycles. The molecule has 0 radical (unpaired) electrons. The molecule has 0 aliphatic heterocycles. The lowest BCUT2D eigenvalue weighted by atomic mass is 9.90. The smallest absolute Gasteiger partial charge is 0.171 e. The van der Waals surface area contributed by atoms with Crippen molar-refractivity contribution >= 4 is 34.2 Å². The first-order valence-electron chi connectivity index (χ1n) is 11.9. The van der Waals surface area contributed by atoms with Crippen LogP contribution in [0.2, 0.25) is 0 Å². The molecule has 0 saturated carbocycles. The molecule has 3 rings (SSSR count). The van der Waals surface area contributed by atoms with Crippen molar-refractivity contribution in [2.75, 3.05) is 13.7 Å². The minimum Gasteiger partial charge on any atom is -0.504 e. The summed E-state index contributed by atoms with van der Waals surface area (Å²) in [6, 6.07) is 23.4. The van der Waals surface area contributed by atoms with Gasteiger partial charge in [-0.2, -0.15) is 0 Å². The van der Waals surface area contributed by atoms with Crippen molar-refractivity contribution < 1.29 is 24.8 Å². The number of aliphatic hydroxyl groups is 2. The minimum atomic E-state index is -0.867. The second-order valence-corrected chi connectivity index (χ2v) is 9.74. The summed E-state index contributed by atoms with van der Waals surface area (Å²) < 4.78 is 11.7. The van der Waals surface area contributed by atoms with Crippen LogP contribution in [0.3, 0.4) is 0 Å². The molecule has 0 amide bonds. The molecular weight excluding hydrogens is 567 g/mol. The van der Waals surface area contributed by atoms with Crippen molar-refractivity contribution in [2.45, 2.75) is 31.7 Å². The van der Waals surface area contributed by atoms with E-state index < -0.39 is 18.1 Å². The van der Waals surface area contributed by atoms with Crippen LogP contribution in [0.4, 0.5) is 0 Å². The predicted molar refractivity (Wildman–Crippen MR) is 153 cm³/mol. The van der Waals surface area contributed by atoms with Gasteiger partial charge in [-0.25, -0.2) is 0 Å². The molecule has 0 heterocycles. The van der Waals surface area contributed by atoms with E-state index in [-0.39, 0.29) is 12.4 Å². The summed E-state index contributed by atoms with van der Waals surface area (Å²) in [4.78, 5) is 0. The molecule has 0 aliphatic rings. The van der Waals surface area contributed by atoms with Gasteiger partial charge in [0.15, 0.2) is 11.5 Å². The van der Waals surface area contributed by atoms with Gasteiger partial charge in [0.1, 0.15) is 0 Å². The number of benzene rings is 3. The molecule has 3 N–H and O–H groups in total. The fraction of sp³-hybridized carbons (Fsp3) is 0.267. The van der Waals surface area contributed by atoms with Gasteiger partial charge in [-0.05, 0) is 69.8 Å². The molecule has 0 spiro atoms. The zero-order chi connectivity index (χ0) is 25.9. The van der Waals surface area contributed by atoms with Gasteiger partial charge in [-0.1, -0.05) is 72.8 Å². The predicted octanol–water partition coefficient (Wildman–Crippen LogP) is 6.07. The van der Waals surface area contributed by atoms with Crippen LogP contribution >= 0.6 is 22.6 Å². The lowest BCUT2D eigenvalue weighted by molar-refractivity contribution is -0.0270. The Bertz CT molecular complexity index is 1130. The standard InChI is InChI=1S/C30H33IO5/c1-3-25(28(33)20-36-19-21-10-6-4-7-11-21)27(32)15-14-24(23-12-8-5-9-13-23)16-22-17-26(31)30(34)29(18-22)35-2/h3-13,16-18,25,27-28,32-34H,1,14-15,19-20H2,2H3/b24-16-/t25-,27-,28-/m1/s1. The van der Waals surface area contributed by atoms with E-state index in [4.69, 9.17) is 9.47 Å². The molecule has 5 nitrogen and oxygen atoms in total. The van der Waals surface area contributed by atoms with Crippen LogP contribution in [-0.4, -0.2) is 41.2 Å². The van der Waals surface area contributed by atoms with Gasteiger partial charge in [-0.3, -0.25) is 0 Å². The highest BCUT2D eigenvalue weighted by Crippen LogP contribution is 2.34. The first-order chi connectivity index (χ1) is 17.4. The minimum absolute atomic E-state index is 0.107. The third-order valence-electron chi connectivity index (χ3n) is 6.03. The molecule has 190 valence electrons. The number of aliphatic hydroxyl groups excluding tert-OH is 2. The maximum atomic E-state index is 11.0. The average Bonchev–Trinajstić information content (AvgIpc) is 2.90. The summed E-state index contributed by atoms with van der Waals surface area (Å²) in [5.74, 6) is 0.00248. The maximum absolute atomic E-state index is 11.0. The fourth-order valence-electron chi connectivity index (χ4n) is 4.04. The van der Waals surface area contributed by atoms with Crippen LogP contribution in [0.1, 0.15) is 29.5 Å². The number of hydrogen-bond donors (Lipinski definition) is 3. The molecular formula is C30H33IO5. The third-order valence-corrected chi connectivity index (χ3v) is 6.85. The van der Waals surface area contributed by atoms with E-state index in [2.05, 4.69) is 29.2 Å². The largest absolute Gasteiger partial charge is 0.504 e. The van der Waals surface area contributed by atoms with Crippen molar-refractivity contribution in [2.24, 2.45) is 5.92 Å². The Morgan fingerprint density at radius 1 is 1.00 bits per heavy atom. The van der Waals surface area contributed by atoms with Gasteiger partial charge in [0.05, 0.1) is 36.1 Å². The Kier molecular flexibility index (Phi) is 11.0. The second kappa shape index (κ2) is 14.2. The van der Waals surface area contributed by atoms with Gasteiger partial charge in [0.25, 0.3) is 0 Å². The van der Waals surface area contributed by atoms with E-state index in [1.807, 2.05) is 72.8 Å². The van der Waals surface area contributed by atoms with Crippen molar-refractivity contribution in [3.05, 3.63) is 106 Å². The molecule has 0 aliphatic carbocycles. The second-order valence-electron chi connectivity index (χ2n) is 8.58. The normalized spacial score (nSPS) is 14.2. The number of allylic oxidation sites excluding steroid dienone is 1. The summed E-state index contributed by atoms with van der Waals surface area (Å²) in [6.07, 6.45) is 2.98. The zero-order valence-electron chi connectivity index (χ0n) is 20.4. The maximum Gasteiger partial charge on any atom is 0.171 e. The highest BCUT2D eigenvalue weighted by Gasteiger charge is 2.24. The van der Waals surface area contributed by atoms with Crippen molar-refractivity contribution in [3.63, 3.8) is 0 Å². The van der Waals surface area contributed by atoms with Crippen LogP contribution in [0, 0.1) is 9.49 Å². The van der Waals surface area contributed by atoms with Crippen molar-refractivity contribution in [1.29, 1.82) is 0 Å². The fourth-order valence-corrected chi connectivity index (χ4v) is 4.66. The van der Waals surface area contributed by atoms with E-state index >= 15 is 0 Å². The van der Waals surface area contributed by atoms with Crippen LogP contribution in [-0.2, 0) is 11.3 Å². The summed E-state index contributed by atoms with van der Waals surface area (Å²) in [6.45, 7) is 4.33. The van der Waals surface area contributed by atoms with E-state index in [0.717, 1.165) is 22.3 Å². The molecule has 0 bridgehead atoms. The first-order valence-corrected chi connectivity index (χ1v) is 12.9. The van der Waals surface area contributed by atoms with E-state index in [1.54, 1.807) is 12.1 Å². The molecule has 36 heavy (non-hydrogen) atoms. The first kappa shape index (κ1) is 27.9. The number of halogens is 1. The number of aromatic hydroxyl groups is 1. The van der Waals surface area contributed by atoms with Crippen molar-refractivity contribution in [1.82, 2.24) is 0 Å². The van der Waals surface area contributed by atoms with Gasteiger partial charge in [-0.15, -0.1) is 6.58 Å². The van der Waals surface area contributed by atoms with E-state index in [9.17, 15) is 15.3 Å². The Balaban J connectivity index is 1.70. The molecule has 0 fully saturated rings. The summed E-state index contributed by atoms with van der Waals surface area (Å²) in [5.41, 5.74) is 3.97. The summed E-state index contributed by atoms with van der Waals surface area (Å²) in [5, 5.41) is 31.8. The molecule has 3 atom stereocenters. The van der Waals surface area contributed by atoms with Gasteiger partial charge < -0.3 is 24.8 Å². The van der Waals surface area contributed by atoms with Gasteiger partial charge in [0, 0.05) is 5.92 Å². The van der Waals surface area contributed by atoms with Gasteiger partial charge in [0.2, 0.25) is 0 Å². The molecule has 0 unspecified atom stereocenters. The summed E-state index contributed by atoms with van der Waals surface area (Å²) in [7, 11) is 1.53. The number of methoxy groups -OCH3 is 1. The Morgan fingerprint density at radius 3 is 2.31 bits per heavy atom.